The summed E-state index contributed by atoms with van der Waals surface area (Å²) in [6, 6.07) is 6.55. The average molecular weight is 247 g/mol. The van der Waals surface area contributed by atoms with Crippen molar-refractivity contribution in [3.8, 4) is 5.69 Å². The van der Waals surface area contributed by atoms with Gasteiger partial charge >= 0.3 is 11.9 Å². The van der Waals surface area contributed by atoms with Crippen LogP contribution >= 0.6 is 0 Å². The Bertz CT molecular complexity index is 606. The number of esters is 1. The maximum atomic E-state index is 11.5. The molecule has 0 radical (unpaired) electrons. The predicted octanol–water partition coefficient (Wildman–Crippen LogP) is 0.752. The van der Waals surface area contributed by atoms with Gasteiger partial charge in [-0.3, -0.25) is 0 Å². The maximum absolute atomic E-state index is 11.5. The van der Waals surface area contributed by atoms with Gasteiger partial charge in [0.05, 0.1) is 24.6 Å². The molecule has 0 aliphatic rings. The number of aromatic carboxylic acids is 1. The molecule has 0 bridgehead atoms. The predicted molar refractivity (Wildman–Crippen MR) is 59.7 cm³/mol. The van der Waals surface area contributed by atoms with Crippen molar-refractivity contribution in [1.82, 2.24) is 15.0 Å². The standard InChI is InChI=1S/C11H9N3O4/c1-18-11(17)7-4-2-3-5-9(7)14-6-8(10(15)16)12-13-14/h2-6H,1H3,(H,15,16). The molecule has 1 heterocycles. The molecule has 0 aliphatic heterocycles. The van der Waals surface area contributed by atoms with E-state index in [1.54, 1.807) is 24.3 Å². The minimum Gasteiger partial charge on any atom is -0.476 e. The van der Waals surface area contributed by atoms with Gasteiger partial charge in [0, 0.05) is 0 Å². The van der Waals surface area contributed by atoms with Gasteiger partial charge < -0.3 is 9.84 Å². The lowest BCUT2D eigenvalue weighted by Crippen LogP contribution is -2.08. The number of carboxylic acid groups (broad SMARTS) is 1. The zero-order chi connectivity index (χ0) is 13.1. The highest BCUT2D eigenvalue weighted by Gasteiger charge is 2.15. The van der Waals surface area contributed by atoms with E-state index in [1.807, 2.05) is 0 Å². The van der Waals surface area contributed by atoms with Gasteiger partial charge in [0.2, 0.25) is 0 Å². The third kappa shape index (κ3) is 2.05. The third-order valence-electron chi connectivity index (χ3n) is 2.27. The van der Waals surface area contributed by atoms with Crippen molar-refractivity contribution >= 4 is 11.9 Å². The largest absolute Gasteiger partial charge is 0.476 e. The van der Waals surface area contributed by atoms with Crippen molar-refractivity contribution in [3.63, 3.8) is 0 Å². The normalized spacial score (nSPS) is 10.1. The van der Waals surface area contributed by atoms with Crippen LogP contribution in [0, 0.1) is 0 Å². The number of carbonyl (C=O) groups excluding carboxylic acids is 1. The molecule has 1 aromatic carbocycles. The van der Waals surface area contributed by atoms with Crippen molar-refractivity contribution in [1.29, 1.82) is 0 Å². The smallest absolute Gasteiger partial charge is 0.358 e. The molecule has 0 aliphatic carbocycles. The summed E-state index contributed by atoms with van der Waals surface area (Å²) in [6.45, 7) is 0. The van der Waals surface area contributed by atoms with Crippen LogP contribution in [0.2, 0.25) is 0 Å². The van der Waals surface area contributed by atoms with E-state index in [9.17, 15) is 9.59 Å². The van der Waals surface area contributed by atoms with Gasteiger partial charge in [-0.2, -0.15) is 0 Å². The first kappa shape index (κ1) is 11.8. The quantitative estimate of drug-likeness (QED) is 0.804. The number of ether oxygens (including phenoxy) is 1. The zero-order valence-electron chi connectivity index (χ0n) is 9.40. The summed E-state index contributed by atoms with van der Waals surface area (Å²) in [6.07, 6.45) is 1.23. The topological polar surface area (TPSA) is 94.3 Å². The van der Waals surface area contributed by atoms with Gasteiger partial charge in [0.25, 0.3) is 0 Å². The molecule has 18 heavy (non-hydrogen) atoms. The second-order valence-corrected chi connectivity index (χ2v) is 3.36. The van der Waals surface area contributed by atoms with Gasteiger partial charge in [-0.1, -0.05) is 17.3 Å². The summed E-state index contributed by atoms with van der Waals surface area (Å²) in [5.41, 5.74) is 0.487. The molecular weight excluding hydrogens is 238 g/mol. The summed E-state index contributed by atoms with van der Waals surface area (Å²) in [5, 5.41) is 15.9. The van der Waals surface area contributed by atoms with Gasteiger partial charge in [-0.15, -0.1) is 5.10 Å². The molecule has 0 spiro atoms. The van der Waals surface area contributed by atoms with Crippen LogP contribution in [-0.4, -0.2) is 39.1 Å². The first-order valence-corrected chi connectivity index (χ1v) is 4.97. The zero-order valence-corrected chi connectivity index (χ0v) is 9.40. The van der Waals surface area contributed by atoms with E-state index in [-0.39, 0.29) is 11.3 Å². The Morgan fingerprint density at radius 2 is 2.06 bits per heavy atom. The number of carbonyl (C=O) groups is 2. The number of nitrogens with zero attached hydrogens (tertiary/aromatic N) is 3. The second-order valence-electron chi connectivity index (χ2n) is 3.36. The highest BCUT2D eigenvalue weighted by molar-refractivity contribution is 5.93. The van der Waals surface area contributed by atoms with Crippen LogP contribution in [0.3, 0.4) is 0 Å². The van der Waals surface area contributed by atoms with E-state index in [1.165, 1.54) is 18.0 Å². The second kappa shape index (κ2) is 4.66. The summed E-state index contributed by atoms with van der Waals surface area (Å²) in [5.74, 6) is -1.71. The number of methoxy groups -OCH3 is 1. The highest BCUT2D eigenvalue weighted by atomic mass is 16.5. The molecule has 2 aromatic rings. The number of benzene rings is 1. The van der Waals surface area contributed by atoms with Crippen molar-refractivity contribution in [3.05, 3.63) is 41.7 Å². The average Bonchev–Trinajstić information content (AvgIpc) is 2.87. The lowest BCUT2D eigenvalue weighted by Gasteiger charge is -2.06. The Labute approximate surface area is 102 Å². The van der Waals surface area contributed by atoms with Crippen LogP contribution in [0.5, 0.6) is 0 Å². The number of hydrogen-bond donors (Lipinski definition) is 1. The van der Waals surface area contributed by atoms with Crippen LogP contribution in [-0.2, 0) is 4.74 Å². The van der Waals surface area contributed by atoms with Crippen LogP contribution in [0.1, 0.15) is 20.8 Å². The lowest BCUT2D eigenvalue weighted by atomic mass is 10.2. The van der Waals surface area contributed by atoms with E-state index >= 15 is 0 Å². The van der Waals surface area contributed by atoms with Gasteiger partial charge in [0.1, 0.15) is 0 Å². The van der Waals surface area contributed by atoms with Gasteiger partial charge in [-0.25, -0.2) is 14.3 Å². The van der Waals surface area contributed by atoms with E-state index in [0.717, 1.165) is 0 Å². The molecule has 92 valence electrons. The number of rotatable bonds is 3. The number of carboxylic acids is 1. The molecule has 2 rings (SSSR count). The van der Waals surface area contributed by atoms with Crippen molar-refractivity contribution in [2.75, 3.05) is 7.11 Å². The van der Waals surface area contributed by atoms with Crippen LogP contribution in [0.15, 0.2) is 30.5 Å². The van der Waals surface area contributed by atoms with Gasteiger partial charge in [0.15, 0.2) is 5.69 Å². The third-order valence-corrected chi connectivity index (χ3v) is 2.27. The minimum absolute atomic E-state index is 0.199. The molecule has 0 saturated heterocycles. The molecule has 0 saturated carbocycles. The minimum atomic E-state index is -1.18. The molecule has 0 amide bonds. The molecule has 0 unspecified atom stereocenters. The summed E-state index contributed by atoms with van der Waals surface area (Å²) < 4.78 is 5.85. The number of hydrogen-bond acceptors (Lipinski definition) is 5. The molecular formula is C11H9N3O4. The van der Waals surface area contributed by atoms with E-state index < -0.39 is 11.9 Å². The van der Waals surface area contributed by atoms with Crippen LogP contribution in [0.4, 0.5) is 0 Å². The monoisotopic (exact) mass is 247 g/mol. The fourth-order valence-electron chi connectivity index (χ4n) is 1.44. The molecule has 7 nitrogen and oxygen atoms in total. The van der Waals surface area contributed by atoms with E-state index in [2.05, 4.69) is 15.0 Å². The fraction of sp³-hybridized carbons (Fsp3) is 0.0909. The Kier molecular flexibility index (Phi) is 3.05. The Morgan fingerprint density at radius 1 is 1.33 bits per heavy atom. The van der Waals surface area contributed by atoms with Crippen molar-refractivity contribution in [2.45, 2.75) is 0 Å². The Morgan fingerprint density at radius 3 is 2.67 bits per heavy atom. The van der Waals surface area contributed by atoms with Gasteiger partial charge in [-0.05, 0) is 12.1 Å². The first-order chi connectivity index (χ1) is 8.63. The SMILES string of the molecule is COC(=O)c1ccccc1-n1cc(C(=O)O)nn1. The van der Waals surface area contributed by atoms with Crippen LogP contribution < -0.4 is 0 Å². The highest BCUT2D eigenvalue weighted by Crippen LogP contribution is 2.14. The van der Waals surface area contributed by atoms with Crippen molar-refractivity contribution in [2.24, 2.45) is 0 Å². The molecule has 1 aromatic heterocycles. The summed E-state index contributed by atoms with van der Waals surface area (Å²) >= 11 is 0. The maximum Gasteiger partial charge on any atom is 0.358 e. The molecule has 7 heteroatoms. The number of para-hydroxylation sites is 1. The summed E-state index contributed by atoms with van der Waals surface area (Å²) in [7, 11) is 1.27. The van der Waals surface area contributed by atoms with E-state index in [0.29, 0.717) is 5.69 Å². The molecule has 1 N–H and O–H groups in total. The van der Waals surface area contributed by atoms with E-state index in [4.69, 9.17) is 5.11 Å². The summed E-state index contributed by atoms with van der Waals surface area (Å²) in [4.78, 5) is 22.3. The molecule has 0 atom stereocenters. The Balaban J connectivity index is 2.49. The number of aromatic nitrogens is 3. The molecule has 0 fully saturated rings. The van der Waals surface area contributed by atoms with Crippen molar-refractivity contribution < 1.29 is 19.4 Å². The fourth-order valence-corrected chi connectivity index (χ4v) is 1.44. The van der Waals surface area contributed by atoms with Crippen LogP contribution in [0.25, 0.3) is 5.69 Å². The lowest BCUT2D eigenvalue weighted by molar-refractivity contribution is 0.0599. The first-order valence-electron chi connectivity index (χ1n) is 4.97. The Hall–Kier alpha value is -2.70.